The van der Waals surface area contributed by atoms with Crippen molar-refractivity contribution in [3.05, 3.63) is 71.8 Å². The number of hydrogen-bond donors (Lipinski definition) is 0. The zero-order valence-electron chi connectivity index (χ0n) is 14.0. The van der Waals surface area contributed by atoms with Crippen LogP contribution in [0.5, 0.6) is 5.75 Å². The zero-order chi connectivity index (χ0) is 17.9. The summed E-state index contributed by atoms with van der Waals surface area (Å²) in [7, 11) is 1.23. The molecule has 1 atom stereocenters. The van der Waals surface area contributed by atoms with Gasteiger partial charge in [-0.3, -0.25) is 0 Å². The van der Waals surface area contributed by atoms with Gasteiger partial charge in [0, 0.05) is 0 Å². The summed E-state index contributed by atoms with van der Waals surface area (Å²) in [4.78, 5) is 14.6. The van der Waals surface area contributed by atoms with E-state index in [9.17, 15) is 4.79 Å². The van der Waals surface area contributed by atoms with Crippen molar-refractivity contribution in [1.29, 1.82) is 0 Å². The summed E-state index contributed by atoms with van der Waals surface area (Å²) >= 11 is 0. The van der Waals surface area contributed by atoms with E-state index in [1.54, 1.807) is 0 Å². The molecule has 0 aromatic heterocycles. The Bertz CT molecular complexity index is 669. The Morgan fingerprint density at radius 3 is 2.32 bits per heavy atom. The Morgan fingerprint density at radius 2 is 1.72 bits per heavy atom. The minimum absolute atomic E-state index is 0.0723. The molecule has 6 heteroatoms. The lowest BCUT2D eigenvalue weighted by Crippen LogP contribution is -2.29. The number of benzene rings is 2. The molecule has 0 amide bonds. The van der Waals surface area contributed by atoms with Crippen LogP contribution >= 0.6 is 0 Å². The lowest BCUT2D eigenvalue weighted by molar-refractivity contribution is -0.138. The SMILES string of the molecule is COC(=O)C(CC(COc1ccccc1)OCc1ccccc1)=[N+]=[N-]. The molecule has 2 rings (SSSR count). The van der Waals surface area contributed by atoms with Crippen molar-refractivity contribution in [1.82, 2.24) is 0 Å². The number of rotatable bonds is 9. The van der Waals surface area contributed by atoms with Gasteiger partial charge in [-0.15, -0.1) is 0 Å². The fourth-order valence-corrected chi connectivity index (χ4v) is 2.16. The van der Waals surface area contributed by atoms with Gasteiger partial charge in [-0.2, -0.15) is 4.79 Å². The van der Waals surface area contributed by atoms with Crippen LogP contribution in [0.2, 0.25) is 0 Å². The van der Waals surface area contributed by atoms with Gasteiger partial charge in [0.15, 0.2) is 0 Å². The maximum Gasteiger partial charge on any atom is 0.416 e. The van der Waals surface area contributed by atoms with Crippen molar-refractivity contribution in [3.63, 3.8) is 0 Å². The molecule has 2 aromatic carbocycles. The molecule has 0 spiro atoms. The van der Waals surface area contributed by atoms with E-state index in [0.29, 0.717) is 12.4 Å². The van der Waals surface area contributed by atoms with E-state index >= 15 is 0 Å². The molecular weight excluding hydrogens is 320 g/mol. The zero-order valence-corrected chi connectivity index (χ0v) is 14.0. The number of para-hydroxylation sites is 1. The average Bonchev–Trinajstić information content (AvgIpc) is 2.68. The van der Waals surface area contributed by atoms with Crippen LogP contribution in [0.15, 0.2) is 60.7 Å². The second kappa shape index (κ2) is 10.0. The molecule has 0 N–H and O–H groups in total. The van der Waals surface area contributed by atoms with E-state index in [1.807, 2.05) is 60.7 Å². The number of nitrogens with zero attached hydrogens (tertiary/aromatic N) is 2. The maximum absolute atomic E-state index is 11.6. The van der Waals surface area contributed by atoms with E-state index in [1.165, 1.54) is 7.11 Å². The van der Waals surface area contributed by atoms with Gasteiger partial charge < -0.3 is 19.7 Å². The lowest BCUT2D eigenvalue weighted by Gasteiger charge is -2.17. The molecule has 6 nitrogen and oxygen atoms in total. The summed E-state index contributed by atoms with van der Waals surface area (Å²) in [6.45, 7) is 0.552. The fourth-order valence-electron chi connectivity index (χ4n) is 2.16. The molecule has 0 saturated heterocycles. The molecule has 0 fully saturated rings. The van der Waals surface area contributed by atoms with E-state index < -0.39 is 12.1 Å². The number of carbonyl (C=O) groups is 1. The third-order valence-corrected chi connectivity index (χ3v) is 3.47. The third-order valence-electron chi connectivity index (χ3n) is 3.47. The van der Waals surface area contributed by atoms with Gasteiger partial charge in [-0.05, 0) is 17.7 Å². The van der Waals surface area contributed by atoms with Crippen LogP contribution in [-0.4, -0.2) is 36.3 Å². The minimum Gasteiger partial charge on any atom is -0.491 e. The monoisotopic (exact) mass is 340 g/mol. The molecule has 130 valence electrons. The average molecular weight is 340 g/mol. The maximum atomic E-state index is 11.6. The van der Waals surface area contributed by atoms with Gasteiger partial charge in [0.1, 0.15) is 18.5 Å². The molecule has 2 aromatic rings. The predicted octanol–water partition coefficient (Wildman–Crippen LogP) is 2.88. The van der Waals surface area contributed by atoms with E-state index in [-0.39, 0.29) is 18.7 Å². The highest BCUT2D eigenvalue weighted by Crippen LogP contribution is 2.12. The molecule has 0 aliphatic carbocycles. The van der Waals surface area contributed by atoms with Crippen molar-refractivity contribution in [2.24, 2.45) is 0 Å². The molecule has 0 aliphatic rings. The van der Waals surface area contributed by atoms with Crippen molar-refractivity contribution >= 4 is 11.7 Å². The predicted molar refractivity (Wildman–Crippen MR) is 92.2 cm³/mol. The summed E-state index contributed by atoms with van der Waals surface area (Å²) in [5.74, 6) is -0.00751. The van der Waals surface area contributed by atoms with Gasteiger partial charge in [0.05, 0.1) is 20.1 Å². The quantitative estimate of drug-likeness (QED) is 0.304. The standard InChI is InChI=1S/C19H20N2O4/c1-23-19(22)18(21-20)12-17(14-25-16-10-6-3-7-11-16)24-13-15-8-4-2-5-9-15/h2-11,17H,12-14H2,1H3. The van der Waals surface area contributed by atoms with Crippen molar-refractivity contribution in [3.8, 4) is 5.75 Å². The normalized spacial score (nSPS) is 11.2. The topological polar surface area (TPSA) is 81.2 Å². The highest BCUT2D eigenvalue weighted by Gasteiger charge is 2.27. The third kappa shape index (κ3) is 6.22. The Kier molecular flexibility index (Phi) is 7.38. The van der Waals surface area contributed by atoms with Crippen LogP contribution < -0.4 is 4.74 Å². The van der Waals surface area contributed by atoms with Gasteiger partial charge in [0.25, 0.3) is 0 Å². The molecule has 0 saturated carbocycles. The van der Waals surface area contributed by atoms with Crippen LogP contribution in [0.1, 0.15) is 12.0 Å². The first-order valence-corrected chi connectivity index (χ1v) is 7.85. The second-order valence-electron chi connectivity index (χ2n) is 5.29. The number of hydrogen-bond acceptors (Lipinski definition) is 4. The largest absolute Gasteiger partial charge is 0.491 e. The first kappa shape index (κ1) is 18.4. The molecule has 0 radical (unpaired) electrons. The van der Waals surface area contributed by atoms with Crippen molar-refractivity contribution < 1.29 is 23.8 Å². The summed E-state index contributed by atoms with van der Waals surface area (Å²) in [5, 5.41) is 0. The smallest absolute Gasteiger partial charge is 0.416 e. The van der Waals surface area contributed by atoms with Crippen LogP contribution in [0, 0.1) is 0 Å². The van der Waals surface area contributed by atoms with Crippen LogP contribution in [0.4, 0.5) is 0 Å². The van der Waals surface area contributed by atoms with E-state index in [4.69, 9.17) is 15.0 Å². The number of esters is 1. The lowest BCUT2D eigenvalue weighted by atomic mass is 10.1. The van der Waals surface area contributed by atoms with Gasteiger partial charge in [-0.25, -0.2) is 4.79 Å². The van der Waals surface area contributed by atoms with E-state index in [0.717, 1.165) is 5.56 Å². The molecule has 1 unspecified atom stereocenters. The number of ether oxygens (including phenoxy) is 3. The number of methoxy groups -OCH3 is 1. The molecule has 0 bridgehead atoms. The highest BCUT2D eigenvalue weighted by molar-refractivity contribution is 6.33. The summed E-state index contributed by atoms with van der Waals surface area (Å²) < 4.78 is 16.2. The Balaban J connectivity index is 2.01. The Morgan fingerprint density at radius 1 is 1.08 bits per heavy atom. The summed E-state index contributed by atoms with van der Waals surface area (Å²) in [5.41, 5.74) is 9.92. The van der Waals surface area contributed by atoms with Gasteiger partial charge in [0.2, 0.25) is 0 Å². The summed E-state index contributed by atoms with van der Waals surface area (Å²) in [6.07, 6.45) is -0.409. The Hall–Kier alpha value is -2.95. The van der Waals surface area contributed by atoms with E-state index in [2.05, 4.69) is 9.53 Å². The van der Waals surface area contributed by atoms with Crippen LogP contribution in [0.3, 0.4) is 0 Å². The Labute approximate surface area is 146 Å². The first-order valence-electron chi connectivity index (χ1n) is 7.85. The van der Waals surface area contributed by atoms with Gasteiger partial charge >= 0.3 is 11.7 Å². The molecule has 25 heavy (non-hydrogen) atoms. The molecular formula is C19H20N2O4. The number of carbonyl (C=O) groups excluding carboxylic acids is 1. The highest BCUT2D eigenvalue weighted by atomic mass is 16.5. The van der Waals surface area contributed by atoms with Crippen LogP contribution in [-0.2, 0) is 20.9 Å². The second-order valence-corrected chi connectivity index (χ2v) is 5.29. The molecule has 0 aliphatic heterocycles. The van der Waals surface area contributed by atoms with Crippen LogP contribution in [0.25, 0.3) is 5.53 Å². The molecule has 0 heterocycles. The first-order chi connectivity index (χ1) is 12.2. The van der Waals surface area contributed by atoms with Gasteiger partial charge in [-0.1, -0.05) is 48.5 Å². The summed E-state index contributed by atoms with van der Waals surface area (Å²) in [6, 6.07) is 18.9. The van der Waals surface area contributed by atoms with Crippen molar-refractivity contribution in [2.75, 3.05) is 13.7 Å². The fraction of sp³-hybridized carbons (Fsp3) is 0.263. The van der Waals surface area contributed by atoms with Crippen molar-refractivity contribution in [2.45, 2.75) is 19.1 Å². The minimum atomic E-state index is -0.699.